The molecule has 1 unspecified atom stereocenters. The fourth-order valence-corrected chi connectivity index (χ4v) is 4.31. The number of hydrogen-bond acceptors (Lipinski definition) is 5. The summed E-state index contributed by atoms with van der Waals surface area (Å²) in [5.41, 5.74) is 3.23. The first-order valence-corrected chi connectivity index (χ1v) is 11.9. The Morgan fingerprint density at radius 1 is 0.939 bits per heavy atom. The van der Waals surface area contributed by atoms with Crippen LogP contribution in [0.1, 0.15) is 21.5 Å². The number of carbonyl (C=O) groups excluding carboxylic acids is 2. The summed E-state index contributed by atoms with van der Waals surface area (Å²) in [6, 6.07) is 23.8. The fraction of sp³-hybridized carbons (Fsp3) is 0.120. The van der Waals surface area contributed by atoms with Crippen LogP contribution in [0.3, 0.4) is 0 Å². The van der Waals surface area contributed by atoms with Crippen molar-refractivity contribution in [2.75, 3.05) is 5.32 Å². The summed E-state index contributed by atoms with van der Waals surface area (Å²) in [4.78, 5) is 26.1. The highest BCUT2D eigenvalue weighted by atomic mass is 79.9. The first-order valence-electron chi connectivity index (χ1n) is 10.3. The summed E-state index contributed by atoms with van der Waals surface area (Å²) < 4.78 is 0.970. The maximum absolute atomic E-state index is 13.2. The topological polar surface area (TPSA) is 84.0 Å². The minimum absolute atomic E-state index is 0.294. The molecule has 0 saturated heterocycles. The summed E-state index contributed by atoms with van der Waals surface area (Å²) in [7, 11) is 0. The summed E-state index contributed by atoms with van der Waals surface area (Å²) in [6.45, 7) is 1.87. The van der Waals surface area contributed by atoms with E-state index in [0.717, 1.165) is 21.2 Å². The van der Waals surface area contributed by atoms with Gasteiger partial charge in [0.15, 0.2) is 0 Å². The van der Waals surface area contributed by atoms with Gasteiger partial charge in [-0.15, -0.1) is 10.2 Å². The summed E-state index contributed by atoms with van der Waals surface area (Å²) >= 11 is 4.70. The Bertz CT molecular complexity index is 1260. The van der Waals surface area contributed by atoms with E-state index < -0.39 is 6.04 Å². The van der Waals surface area contributed by atoms with Gasteiger partial charge < -0.3 is 5.32 Å². The third kappa shape index (κ3) is 5.91. The van der Waals surface area contributed by atoms with E-state index in [1.54, 1.807) is 12.1 Å². The minimum atomic E-state index is -0.778. The maximum atomic E-state index is 13.2. The zero-order chi connectivity index (χ0) is 23.2. The van der Waals surface area contributed by atoms with Gasteiger partial charge in [-0.25, -0.2) is 0 Å². The van der Waals surface area contributed by atoms with Crippen LogP contribution in [0.15, 0.2) is 83.3 Å². The molecular weight excluding hydrogens is 500 g/mol. The molecule has 6 nitrogen and oxygen atoms in total. The molecule has 4 rings (SSSR count). The fourth-order valence-electron chi connectivity index (χ4n) is 3.30. The maximum Gasteiger partial charge on any atom is 0.252 e. The van der Waals surface area contributed by atoms with Crippen molar-refractivity contribution in [3.8, 4) is 10.6 Å². The van der Waals surface area contributed by atoms with Gasteiger partial charge in [0.25, 0.3) is 5.91 Å². The number of aryl methyl sites for hydroxylation is 1. The number of carbonyl (C=O) groups is 2. The molecule has 166 valence electrons. The van der Waals surface area contributed by atoms with Gasteiger partial charge in [-0.1, -0.05) is 87.9 Å². The van der Waals surface area contributed by atoms with Gasteiger partial charge in [0.05, 0.1) is 0 Å². The molecule has 0 fully saturated rings. The highest BCUT2D eigenvalue weighted by Crippen LogP contribution is 2.27. The number of anilines is 1. The van der Waals surface area contributed by atoms with E-state index in [9.17, 15) is 9.59 Å². The average molecular weight is 521 g/mol. The van der Waals surface area contributed by atoms with Crippen LogP contribution in [0.2, 0.25) is 0 Å². The monoisotopic (exact) mass is 520 g/mol. The van der Waals surface area contributed by atoms with Crippen molar-refractivity contribution in [2.24, 2.45) is 0 Å². The summed E-state index contributed by atoms with van der Waals surface area (Å²) in [5, 5.41) is 15.1. The van der Waals surface area contributed by atoms with Crippen molar-refractivity contribution < 1.29 is 9.59 Å². The molecule has 4 aromatic rings. The Labute approximate surface area is 204 Å². The lowest BCUT2D eigenvalue weighted by Gasteiger charge is -2.18. The Morgan fingerprint density at radius 3 is 2.36 bits per heavy atom. The third-order valence-corrected chi connectivity index (χ3v) is 6.46. The van der Waals surface area contributed by atoms with E-state index in [4.69, 9.17) is 0 Å². The molecule has 0 aliphatic heterocycles. The van der Waals surface area contributed by atoms with Gasteiger partial charge in [-0.05, 0) is 36.2 Å². The lowest BCUT2D eigenvalue weighted by atomic mass is 10.0. The number of rotatable bonds is 7. The number of benzene rings is 3. The quantitative estimate of drug-likeness (QED) is 0.348. The van der Waals surface area contributed by atoms with Crippen molar-refractivity contribution in [3.05, 3.63) is 100 Å². The van der Waals surface area contributed by atoms with Gasteiger partial charge in [0.2, 0.25) is 11.0 Å². The Hall–Kier alpha value is -3.36. The van der Waals surface area contributed by atoms with E-state index in [0.29, 0.717) is 22.1 Å². The predicted molar refractivity (Wildman–Crippen MR) is 134 cm³/mol. The van der Waals surface area contributed by atoms with Gasteiger partial charge in [0, 0.05) is 22.0 Å². The zero-order valence-corrected chi connectivity index (χ0v) is 20.2. The standard InChI is InChI=1S/C25H21BrN4O2S/c1-16-7-5-6-10-20(16)22(31)27-21(15-17-8-3-2-4-9-17)23(32)28-25-30-29-24(33-25)18-11-13-19(26)14-12-18/h2-14,21H,15H2,1H3,(H,27,31)(H,28,30,32). The number of hydrogen-bond donors (Lipinski definition) is 2. The molecule has 0 aliphatic rings. The van der Waals surface area contributed by atoms with Crippen LogP contribution in [-0.2, 0) is 11.2 Å². The van der Waals surface area contributed by atoms with Crippen LogP contribution in [0, 0.1) is 6.92 Å². The molecule has 0 saturated carbocycles. The van der Waals surface area contributed by atoms with Gasteiger partial charge in [0.1, 0.15) is 11.0 Å². The largest absolute Gasteiger partial charge is 0.340 e. The van der Waals surface area contributed by atoms with Crippen molar-refractivity contribution in [3.63, 3.8) is 0 Å². The summed E-state index contributed by atoms with van der Waals surface area (Å²) in [6.07, 6.45) is 0.350. The lowest BCUT2D eigenvalue weighted by molar-refractivity contribution is -0.118. The normalized spacial score (nSPS) is 11.6. The predicted octanol–water partition coefficient (Wildman–Crippen LogP) is 5.26. The average Bonchev–Trinajstić information content (AvgIpc) is 3.28. The molecule has 1 aromatic heterocycles. The molecule has 0 bridgehead atoms. The molecular formula is C25H21BrN4O2S. The van der Waals surface area contributed by atoms with Crippen LogP contribution >= 0.6 is 27.3 Å². The second kappa shape index (κ2) is 10.5. The van der Waals surface area contributed by atoms with Crippen molar-refractivity contribution in [1.29, 1.82) is 0 Å². The molecule has 1 atom stereocenters. The lowest BCUT2D eigenvalue weighted by Crippen LogP contribution is -2.45. The number of amides is 2. The smallest absolute Gasteiger partial charge is 0.252 e. The van der Waals surface area contributed by atoms with E-state index in [-0.39, 0.29) is 11.8 Å². The van der Waals surface area contributed by atoms with Gasteiger partial charge in [-0.3, -0.25) is 14.9 Å². The van der Waals surface area contributed by atoms with E-state index in [2.05, 4.69) is 36.8 Å². The second-order valence-corrected chi connectivity index (χ2v) is 9.33. The second-order valence-electron chi connectivity index (χ2n) is 7.44. The van der Waals surface area contributed by atoms with Gasteiger partial charge >= 0.3 is 0 Å². The molecule has 0 aliphatic carbocycles. The minimum Gasteiger partial charge on any atom is -0.340 e. The number of aromatic nitrogens is 2. The molecule has 0 spiro atoms. The van der Waals surface area contributed by atoms with E-state index >= 15 is 0 Å². The Morgan fingerprint density at radius 2 is 1.64 bits per heavy atom. The van der Waals surface area contributed by atoms with Crippen molar-refractivity contribution in [1.82, 2.24) is 15.5 Å². The van der Waals surface area contributed by atoms with E-state index in [1.807, 2.05) is 73.7 Å². The molecule has 33 heavy (non-hydrogen) atoms. The van der Waals surface area contributed by atoms with Gasteiger partial charge in [-0.2, -0.15) is 0 Å². The van der Waals surface area contributed by atoms with Crippen LogP contribution in [0.5, 0.6) is 0 Å². The highest BCUT2D eigenvalue weighted by molar-refractivity contribution is 9.10. The first-order chi connectivity index (χ1) is 16.0. The number of nitrogens with one attached hydrogen (secondary N) is 2. The Kier molecular flexibility index (Phi) is 7.26. The molecule has 8 heteroatoms. The number of halogens is 1. The highest BCUT2D eigenvalue weighted by Gasteiger charge is 2.24. The molecule has 2 amide bonds. The van der Waals surface area contributed by atoms with Crippen LogP contribution < -0.4 is 10.6 Å². The van der Waals surface area contributed by atoms with Crippen LogP contribution in [0.25, 0.3) is 10.6 Å². The first kappa shape index (κ1) is 22.8. The van der Waals surface area contributed by atoms with Crippen molar-refractivity contribution >= 4 is 44.2 Å². The zero-order valence-electron chi connectivity index (χ0n) is 17.8. The molecule has 2 N–H and O–H groups in total. The third-order valence-electron chi connectivity index (χ3n) is 5.04. The SMILES string of the molecule is Cc1ccccc1C(=O)NC(Cc1ccccc1)C(=O)Nc1nnc(-c2ccc(Br)cc2)s1. The number of nitrogens with zero attached hydrogens (tertiary/aromatic N) is 2. The summed E-state index contributed by atoms with van der Waals surface area (Å²) in [5.74, 6) is -0.642. The molecule has 0 radical (unpaired) electrons. The molecule has 3 aromatic carbocycles. The van der Waals surface area contributed by atoms with Crippen LogP contribution in [-0.4, -0.2) is 28.1 Å². The molecule has 1 heterocycles. The van der Waals surface area contributed by atoms with Crippen molar-refractivity contribution in [2.45, 2.75) is 19.4 Å². The van der Waals surface area contributed by atoms with E-state index in [1.165, 1.54) is 11.3 Å². The van der Waals surface area contributed by atoms with Crippen LogP contribution in [0.4, 0.5) is 5.13 Å². The Balaban J connectivity index is 1.52.